The summed E-state index contributed by atoms with van der Waals surface area (Å²) >= 11 is 0. The third-order valence-electron chi connectivity index (χ3n) is 5.96. The molecule has 0 aliphatic carbocycles. The summed E-state index contributed by atoms with van der Waals surface area (Å²) in [7, 11) is 3.00. The Kier molecular flexibility index (Phi) is 7.86. The maximum absolute atomic E-state index is 13.0. The number of aliphatic carboxylic acids is 2. The van der Waals surface area contributed by atoms with Crippen LogP contribution >= 0.6 is 0 Å². The van der Waals surface area contributed by atoms with Gasteiger partial charge in [-0.15, -0.1) is 0 Å². The van der Waals surface area contributed by atoms with Crippen molar-refractivity contribution in [3.05, 3.63) is 65.7 Å². The van der Waals surface area contributed by atoms with E-state index in [1.807, 2.05) is 30.3 Å². The van der Waals surface area contributed by atoms with Gasteiger partial charge in [0, 0.05) is 29.6 Å². The molecule has 1 amide bonds. The number of anilines is 1. The molecule has 1 unspecified atom stereocenters. The number of carbonyl (C=O) groups excluding carboxylic acids is 1. The minimum absolute atomic E-state index is 0.219. The first-order valence-electron chi connectivity index (χ1n) is 11.7. The number of hydrogen-bond acceptors (Lipinski definition) is 8. The monoisotopic (exact) mass is 518 g/mol. The van der Waals surface area contributed by atoms with Gasteiger partial charge >= 0.3 is 11.9 Å². The summed E-state index contributed by atoms with van der Waals surface area (Å²) in [6, 6.07) is 15.0. The quantitative estimate of drug-likeness (QED) is 0.231. The maximum Gasteiger partial charge on any atom is 0.326 e. The molecule has 0 aliphatic heterocycles. The van der Waals surface area contributed by atoms with Gasteiger partial charge in [0.05, 0.1) is 25.3 Å². The zero-order chi connectivity index (χ0) is 27.2. The lowest BCUT2D eigenvalue weighted by atomic mass is 10.0. The minimum atomic E-state index is -1.32. The van der Waals surface area contributed by atoms with Crippen molar-refractivity contribution in [1.82, 2.24) is 15.3 Å². The summed E-state index contributed by atoms with van der Waals surface area (Å²) < 4.78 is 10.5. The molecule has 4 N–H and O–H groups in total. The van der Waals surface area contributed by atoms with Crippen LogP contribution in [0.3, 0.4) is 0 Å². The second-order valence-corrected chi connectivity index (χ2v) is 8.42. The molecule has 0 spiro atoms. The highest BCUT2D eigenvalue weighted by Gasteiger charge is 2.23. The van der Waals surface area contributed by atoms with E-state index >= 15 is 0 Å². The second-order valence-electron chi connectivity index (χ2n) is 8.42. The lowest BCUT2D eigenvalue weighted by Gasteiger charge is -2.16. The van der Waals surface area contributed by atoms with Crippen molar-refractivity contribution < 1.29 is 34.1 Å². The summed E-state index contributed by atoms with van der Waals surface area (Å²) in [4.78, 5) is 44.2. The zero-order valence-electron chi connectivity index (χ0n) is 20.7. The summed E-state index contributed by atoms with van der Waals surface area (Å²) in [6.07, 6.45) is -0.593. The number of nitrogens with zero attached hydrogens (tertiary/aromatic N) is 2. The van der Waals surface area contributed by atoms with E-state index in [2.05, 4.69) is 20.6 Å². The van der Waals surface area contributed by atoms with Gasteiger partial charge in [-0.05, 0) is 41.6 Å². The van der Waals surface area contributed by atoms with Gasteiger partial charge in [0.25, 0.3) is 17.7 Å². The number of carboxylic acids is 2. The van der Waals surface area contributed by atoms with Crippen molar-refractivity contribution in [1.29, 1.82) is 0 Å². The van der Waals surface area contributed by atoms with Crippen molar-refractivity contribution in [3.63, 3.8) is 0 Å². The molecule has 3 aromatic carbocycles. The average Bonchev–Trinajstić information content (AvgIpc) is 2.92. The van der Waals surface area contributed by atoms with Crippen LogP contribution in [-0.4, -0.2) is 58.3 Å². The number of hydrogen-bond donors (Lipinski definition) is 4. The predicted octanol–water partition coefficient (Wildman–Crippen LogP) is 3.46. The Morgan fingerprint density at radius 2 is 1.58 bits per heavy atom. The number of benzene rings is 3. The van der Waals surface area contributed by atoms with Crippen LogP contribution in [0.15, 0.2) is 54.6 Å². The molecule has 0 saturated heterocycles. The number of carboxylic acid groups (broad SMARTS) is 2. The molecule has 1 atom stereocenters. The average molecular weight is 519 g/mol. The van der Waals surface area contributed by atoms with E-state index in [-0.39, 0.29) is 24.3 Å². The second kappa shape index (κ2) is 11.4. The highest BCUT2D eigenvalue weighted by Crippen LogP contribution is 2.29. The van der Waals surface area contributed by atoms with E-state index in [0.29, 0.717) is 28.8 Å². The highest BCUT2D eigenvalue weighted by molar-refractivity contribution is 6.11. The SMILES string of the molecule is COc1nc2ccc(CNc3ccc(C(=O)NC(CCC(=O)O)C(=O)O)c4ccccc34)cc2nc1OC. The van der Waals surface area contributed by atoms with Gasteiger partial charge in [-0.3, -0.25) is 9.59 Å². The zero-order valence-corrected chi connectivity index (χ0v) is 20.7. The predicted molar refractivity (Wildman–Crippen MR) is 140 cm³/mol. The van der Waals surface area contributed by atoms with Gasteiger partial charge in [-0.25, -0.2) is 14.8 Å². The van der Waals surface area contributed by atoms with Gasteiger partial charge in [0.15, 0.2) is 0 Å². The van der Waals surface area contributed by atoms with E-state index in [0.717, 1.165) is 16.6 Å². The lowest BCUT2D eigenvalue weighted by molar-refractivity contribution is -0.140. The van der Waals surface area contributed by atoms with E-state index in [1.54, 1.807) is 24.3 Å². The summed E-state index contributed by atoms with van der Waals surface area (Å²) in [5.41, 5.74) is 3.31. The lowest BCUT2D eigenvalue weighted by Crippen LogP contribution is -2.41. The molecule has 11 heteroatoms. The minimum Gasteiger partial charge on any atom is -0.481 e. The summed E-state index contributed by atoms with van der Waals surface area (Å²) in [5, 5.41) is 25.5. The first-order chi connectivity index (χ1) is 18.3. The number of fused-ring (bicyclic) bond motifs is 2. The number of amides is 1. The number of carbonyl (C=O) groups is 3. The van der Waals surface area contributed by atoms with E-state index in [9.17, 15) is 19.5 Å². The Labute approximate surface area is 217 Å². The van der Waals surface area contributed by atoms with Crippen molar-refractivity contribution in [2.45, 2.75) is 25.4 Å². The van der Waals surface area contributed by atoms with E-state index in [1.165, 1.54) is 14.2 Å². The Bertz CT molecular complexity index is 1520. The highest BCUT2D eigenvalue weighted by atomic mass is 16.5. The van der Waals surface area contributed by atoms with Crippen molar-refractivity contribution >= 4 is 45.3 Å². The number of ether oxygens (including phenoxy) is 2. The molecule has 196 valence electrons. The van der Waals surface area contributed by atoms with Gasteiger partial charge < -0.3 is 30.3 Å². The molecule has 38 heavy (non-hydrogen) atoms. The molecule has 1 heterocycles. The molecule has 0 saturated carbocycles. The Hall–Kier alpha value is -4.93. The third kappa shape index (κ3) is 5.72. The summed E-state index contributed by atoms with van der Waals surface area (Å²) in [5.74, 6) is -2.43. The Balaban J connectivity index is 1.56. The summed E-state index contributed by atoms with van der Waals surface area (Å²) in [6.45, 7) is 0.456. The molecular formula is C27H26N4O7. The third-order valence-corrected chi connectivity index (χ3v) is 5.96. The van der Waals surface area contributed by atoms with Gasteiger partial charge in [-0.1, -0.05) is 30.3 Å². The Morgan fingerprint density at radius 1 is 0.895 bits per heavy atom. The van der Waals surface area contributed by atoms with Crippen LogP contribution in [0.2, 0.25) is 0 Å². The topological polar surface area (TPSA) is 160 Å². The molecule has 4 rings (SSSR count). The van der Waals surface area contributed by atoms with Crippen LogP contribution < -0.4 is 20.1 Å². The van der Waals surface area contributed by atoms with Crippen LogP contribution in [0.25, 0.3) is 21.8 Å². The van der Waals surface area contributed by atoms with Gasteiger partial charge in [0.1, 0.15) is 6.04 Å². The number of rotatable bonds is 11. The van der Waals surface area contributed by atoms with Crippen molar-refractivity contribution in [3.8, 4) is 11.8 Å². The molecular weight excluding hydrogens is 492 g/mol. The molecule has 0 aliphatic rings. The molecule has 0 fully saturated rings. The van der Waals surface area contributed by atoms with Crippen LogP contribution in [0.5, 0.6) is 11.8 Å². The number of aromatic nitrogens is 2. The van der Waals surface area contributed by atoms with Crippen molar-refractivity contribution in [2.75, 3.05) is 19.5 Å². The molecule has 0 radical (unpaired) electrons. The van der Waals surface area contributed by atoms with Gasteiger partial charge in [0.2, 0.25) is 0 Å². The fourth-order valence-corrected chi connectivity index (χ4v) is 4.05. The maximum atomic E-state index is 13.0. The van der Waals surface area contributed by atoms with Crippen LogP contribution in [0.4, 0.5) is 5.69 Å². The van der Waals surface area contributed by atoms with E-state index < -0.39 is 23.9 Å². The largest absolute Gasteiger partial charge is 0.481 e. The van der Waals surface area contributed by atoms with Gasteiger partial charge in [-0.2, -0.15) is 0 Å². The van der Waals surface area contributed by atoms with Crippen molar-refractivity contribution in [2.24, 2.45) is 0 Å². The normalized spacial score (nSPS) is 11.6. The Morgan fingerprint density at radius 3 is 2.24 bits per heavy atom. The van der Waals surface area contributed by atoms with E-state index in [4.69, 9.17) is 14.6 Å². The number of nitrogens with one attached hydrogen (secondary N) is 2. The molecule has 4 aromatic rings. The molecule has 1 aromatic heterocycles. The fraction of sp³-hybridized carbons (Fsp3) is 0.222. The molecule has 11 nitrogen and oxygen atoms in total. The standard InChI is InChI=1S/C27H26N4O7/c1-37-25-26(38-2)31-22-13-15(7-9-20(22)30-25)14-28-19-10-8-18(16-5-3-4-6-17(16)19)24(34)29-21(27(35)36)11-12-23(32)33/h3-10,13,21,28H,11-12,14H2,1-2H3,(H,29,34)(H,32,33)(H,35,36). The molecule has 0 bridgehead atoms. The smallest absolute Gasteiger partial charge is 0.326 e. The number of methoxy groups -OCH3 is 2. The van der Waals surface area contributed by atoms with Crippen LogP contribution in [0, 0.1) is 0 Å². The fourth-order valence-electron chi connectivity index (χ4n) is 4.05. The first kappa shape index (κ1) is 26.1. The first-order valence-corrected chi connectivity index (χ1v) is 11.7. The van der Waals surface area contributed by atoms with Crippen LogP contribution in [0.1, 0.15) is 28.8 Å². The van der Waals surface area contributed by atoms with Crippen LogP contribution in [-0.2, 0) is 16.1 Å².